The number of amides is 2. The van der Waals surface area contributed by atoms with E-state index in [9.17, 15) is 9.59 Å². The van der Waals surface area contributed by atoms with Crippen LogP contribution in [0.25, 0.3) is 0 Å². The van der Waals surface area contributed by atoms with Crippen molar-refractivity contribution in [2.75, 3.05) is 12.3 Å². The number of hydrogen-bond acceptors (Lipinski definition) is 3. The van der Waals surface area contributed by atoms with Gasteiger partial charge in [0.15, 0.2) is 0 Å². The van der Waals surface area contributed by atoms with Crippen LogP contribution in [-0.4, -0.2) is 35.1 Å². The molecular weight excluding hydrogens is 440 g/mol. The molecule has 0 fully saturated rings. The predicted octanol–water partition coefficient (Wildman–Crippen LogP) is 5.31. The molecule has 0 aliphatic rings. The van der Waals surface area contributed by atoms with Gasteiger partial charge in [0.2, 0.25) is 11.8 Å². The van der Waals surface area contributed by atoms with Crippen molar-refractivity contribution >= 4 is 23.6 Å². The van der Waals surface area contributed by atoms with Gasteiger partial charge in [0.25, 0.3) is 0 Å². The molecule has 0 aliphatic carbocycles. The maximum absolute atomic E-state index is 13.5. The van der Waals surface area contributed by atoms with E-state index in [1.54, 1.807) is 16.7 Å². The molecule has 178 valence electrons. The Balaban J connectivity index is 1.81. The minimum absolute atomic E-state index is 0.0233. The molecule has 1 N–H and O–H groups in total. The van der Waals surface area contributed by atoms with Crippen LogP contribution in [-0.2, 0) is 28.3 Å². The Labute approximate surface area is 207 Å². The van der Waals surface area contributed by atoms with Gasteiger partial charge in [0.1, 0.15) is 6.04 Å². The molecule has 3 aromatic carbocycles. The summed E-state index contributed by atoms with van der Waals surface area (Å²) in [5.74, 6) is 0.944. The lowest BCUT2D eigenvalue weighted by Crippen LogP contribution is -2.51. The van der Waals surface area contributed by atoms with Crippen LogP contribution >= 0.6 is 11.8 Å². The number of likely N-dealkylation sites (N-methyl/N-ethyl adjacent to an activating group) is 1. The van der Waals surface area contributed by atoms with Gasteiger partial charge in [-0.3, -0.25) is 9.59 Å². The Morgan fingerprint density at radius 1 is 0.824 bits per heavy atom. The van der Waals surface area contributed by atoms with Gasteiger partial charge in [-0.25, -0.2) is 0 Å². The predicted molar refractivity (Wildman–Crippen MR) is 142 cm³/mol. The molecule has 5 heteroatoms. The quantitative estimate of drug-likeness (QED) is 0.410. The van der Waals surface area contributed by atoms with Crippen LogP contribution in [0.5, 0.6) is 0 Å². The van der Waals surface area contributed by atoms with Crippen LogP contribution in [0, 0.1) is 13.8 Å². The van der Waals surface area contributed by atoms with Gasteiger partial charge in [0.05, 0.1) is 5.75 Å². The second kappa shape index (κ2) is 13.0. The summed E-state index contributed by atoms with van der Waals surface area (Å²) in [4.78, 5) is 28.4. The number of thioether (sulfide) groups is 1. The minimum Gasteiger partial charge on any atom is -0.355 e. The summed E-state index contributed by atoms with van der Waals surface area (Å²) >= 11 is 1.59. The highest BCUT2D eigenvalue weighted by Crippen LogP contribution is 2.19. The van der Waals surface area contributed by atoms with Gasteiger partial charge >= 0.3 is 0 Å². The molecule has 0 bridgehead atoms. The second-order valence-electron chi connectivity index (χ2n) is 8.59. The maximum atomic E-state index is 13.5. The topological polar surface area (TPSA) is 49.4 Å². The highest BCUT2D eigenvalue weighted by molar-refractivity contribution is 7.99. The fourth-order valence-electron chi connectivity index (χ4n) is 3.76. The highest BCUT2D eigenvalue weighted by atomic mass is 32.2. The van der Waals surface area contributed by atoms with E-state index >= 15 is 0 Å². The van der Waals surface area contributed by atoms with Crippen molar-refractivity contribution in [3.63, 3.8) is 0 Å². The number of carbonyl (C=O) groups is 2. The molecule has 34 heavy (non-hydrogen) atoms. The summed E-state index contributed by atoms with van der Waals surface area (Å²) in [5.41, 5.74) is 5.63. The minimum atomic E-state index is -0.573. The summed E-state index contributed by atoms with van der Waals surface area (Å²) < 4.78 is 0. The van der Waals surface area contributed by atoms with Crippen LogP contribution in [0.3, 0.4) is 0 Å². The second-order valence-corrected chi connectivity index (χ2v) is 9.57. The molecule has 0 aromatic heterocycles. The SMILES string of the molecule is CCNC(=O)[C@H](Cc1ccccc1)N(Cc1ccc(C)cc1)C(=O)CSCc1ccc(C)cc1. The third kappa shape index (κ3) is 7.77. The number of nitrogens with zero attached hydrogens (tertiary/aromatic N) is 1. The molecule has 2 amide bonds. The number of benzene rings is 3. The van der Waals surface area contributed by atoms with Crippen LogP contribution in [0.15, 0.2) is 78.9 Å². The molecule has 3 rings (SSSR count). The van der Waals surface area contributed by atoms with E-state index < -0.39 is 6.04 Å². The summed E-state index contributed by atoms with van der Waals surface area (Å²) in [6.45, 7) is 6.94. The molecule has 3 aromatic rings. The van der Waals surface area contributed by atoms with E-state index in [1.165, 1.54) is 16.7 Å². The maximum Gasteiger partial charge on any atom is 0.243 e. The van der Waals surface area contributed by atoms with Crippen molar-refractivity contribution in [1.82, 2.24) is 10.2 Å². The van der Waals surface area contributed by atoms with Gasteiger partial charge < -0.3 is 10.2 Å². The zero-order valence-electron chi connectivity index (χ0n) is 20.3. The van der Waals surface area contributed by atoms with E-state index in [4.69, 9.17) is 0 Å². The fourth-order valence-corrected chi connectivity index (χ4v) is 4.63. The molecule has 0 saturated carbocycles. The van der Waals surface area contributed by atoms with Crippen molar-refractivity contribution in [1.29, 1.82) is 0 Å². The van der Waals surface area contributed by atoms with E-state index in [1.807, 2.05) is 68.4 Å². The molecule has 1 atom stereocenters. The number of rotatable bonds is 11. The van der Waals surface area contributed by atoms with Crippen molar-refractivity contribution in [2.24, 2.45) is 0 Å². The van der Waals surface area contributed by atoms with E-state index in [0.717, 1.165) is 16.9 Å². The van der Waals surface area contributed by atoms with Crippen LogP contribution in [0.2, 0.25) is 0 Å². The van der Waals surface area contributed by atoms with Crippen molar-refractivity contribution in [2.45, 2.75) is 45.5 Å². The first-order chi connectivity index (χ1) is 16.5. The molecule has 0 heterocycles. The summed E-state index contributed by atoms with van der Waals surface area (Å²) in [5, 5.41) is 2.94. The Morgan fingerprint density at radius 3 is 2.00 bits per heavy atom. The average Bonchev–Trinajstić information content (AvgIpc) is 2.84. The molecule has 0 aliphatic heterocycles. The molecule has 0 unspecified atom stereocenters. The van der Waals surface area contributed by atoms with Crippen molar-refractivity contribution < 1.29 is 9.59 Å². The lowest BCUT2D eigenvalue weighted by molar-refractivity contribution is -0.139. The van der Waals surface area contributed by atoms with Gasteiger partial charge in [-0.05, 0) is 37.5 Å². The molecule has 0 radical (unpaired) electrons. The Morgan fingerprint density at radius 2 is 1.41 bits per heavy atom. The van der Waals surface area contributed by atoms with E-state index in [-0.39, 0.29) is 11.8 Å². The third-order valence-electron chi connectivity index (χ3n) is 5.71. The van der Waals surface area contributed by atoms with Crippen LogP contribution in [0.1, 0.15) is 34.7 Å². The van der Waals surface area contributed by atoms with E-state index in [0.29, 0.717) is 25.3 Å². The monoisotopic (exact) mass is 474 g/mol. The Bertz CT molecular complexity index is 1050. The van der Waals surface area contributed by atoms with Crippen molar-refractivity contribution in [3.05, 3.63) is 107 Å². The summed E-state index contributed by atoms with van der Waals surface area (Å²) in [7, 11) is 0. The standard InChI is InChI=1S/C29H34N2O2S/c1-4-30-29(33)27(18-24-8-6-5-7-9-24)31(19-25-14-10-22(2)11-15-25)28(32)21-34-20-26-16-12-23(3)13-17-26/h5-17,27H,4,18-21H2,1-3H3,(H,30,33)/t27-/m0/s1. The Kier molecular flexibility index (Phi) is 9.77. The van der Waals surface area contributed by atoms with Gasteiger partial charge in [0, 0.05) is 25.3 Å². The average molecular weight is 475 g/mol. The molecular formula is C29H34N2O2S. The molecule has 0 spiro atoms. The van der Waals surface area contributed by atoms with Gasteiger partial charge in [-0.15, -0.1) is 11.8 Å². The molecule has 4 nitrogen and oxygen atoms in total. The smallest absolute Gasteiger partial charge is 0.243 e. The Hall–Kier alpha value is -3.05. The summed E-state index contributed by atoms with van der Waals surface area (Å²) in [6.07, 6.45) is 0.479. The lowest BCUT2D eigenvalue weighted by atomic mass is 10.0. The van der Waals surface area contributed by atoms with Crippen molar-refractivity contribution in [3.8, 4) is 0 Å². The van der Waals surface area contributed by atoms with Gasteiger partial charge in [-0.2, -0.15) is 0 Å². The van der Waals surface area contributed by atoms with Crippen LogP contribution < -0.4 is 5.32 Å². The number of nitrogens with one attached hydrogen (secondary N) is 1. The lowest BCUT2D eigenvalue weighted by Gasteiger charge is -2.31. The highest BCUT2D eigenvalue weighted by Gasteiger charge is 2.30. The number of hydrogen-bond donors (Lipinski definition) is 1. The zero-order valence-corrected chi connectivity index (χ0v) is 21.1. The first-order valence-electron chi connectivity index (χ1n) is 11.8. The molecule has 0 saturated heterocycles. The fraction of sp³-hybridized carbons (Fsp3) is 0.310. The largest absolute Gasteiger partial charge is 0.355 e. The number of aryl methyl sites for hydroxylation is 2. The normalized spacial score (nSPS) is 11.6. The number of carbonyl (C=O) groups excluding carboxylic acids is 2. The third-order valence-corrected chi connectivity index (χ3v) is 6.70. The first-order valence-corrected chi connectivity index (χ1v) is 12.9. The zero-order chi connectivity index (χ0) is 24.3. The van der Waals surface area contributed by atoms with E-state index in [2.05, 4.69) is 36.5 Å². The summed E-state index contributed by atoms with van der Waals surface area (Å²) in [6, 6.07) is 25.9. The van der Waals surface area contributed by atoms with Crippen LogP contribution in [0.4, 0.5) is 0 Å². The first kappa shape index (κ1) is 25.6. The van der Waals surface area contributed by atoms with Gasteiger partial charge in [-0.1, -0.05) is 90.0 Å².